The molecular formula is C15H21F2N3O. The molecule has 1 saturated heterocycles. The first-order valence-corrected chi connectivity index (χ1v) is 7.22. The first-order valence-electron chi connectivity index (χ1n) is 7.22. The summed E-state index contributed by atoms with van der Waals surface area (Å²) in [4.78, 5) is 13.9. The number of hydrogen-bond acceptors (Lipinski definition) is 3. The summed E-state index contributed by atoms with van der Waals surface area (Å²) in [5, 5.41) is 5.81. The zero-order valence-electron chi connectivity index (χ0n) is 12.2. The van der Waals surface area contributed by atoms with Gasteiger partial charge in [-0.1, -0.05) is 0 Å². The third-order valence-corrected chi connectivity index (χ3v) is 3.77. The minimum absolute atomic E-state index is 0.0114. The molecule has 2 N–H and O–H groups in total. The van der Waals surface area contributed by atoms with Crippen LogP contribution >= 0.6 is 0 Å². The van der Waals surface area contributed by atoms with E-state index in [1.165, 1.54) is 6.07 Å². The Balaban J connectivity index is 1.88. The van der Waals surface area contributed by atoms with Gasteiger partial charge in [0.05, 0.1) is 12.2 Å². The predicted molar refractivity (Wildman–Crippen MR) is 78.1 cm³/mol. The third-order valence-electron chi connectivity index (χ3n) is 3.77. The van der Waals surface area contributed by atoms with Crippen molar-refractivity contribution < 1.29 is 13.6 Å². The number of amides is 1. The molecule has 1 heterocycles. The Morgan fingerprint density at radius 1 is 1.38 bits per heavy atom. The van der Waals surface area contributed by atoms with Crippen molar-refractivity contribution in [2.24, 2.45) is 0 Å². The topological polar surface area (TPSA) is 44.4 Å². The molecule has 1 fully saturated rings. The minimum atomic E-state index is -0.760. The highest BCUT2D eigenvalue weighted by Crippen LogP contribution is 2.16. The summed E-state index contributed by atoms with van der Waals surface area (Å²) in [6.07, 6.45) is 3.12. The molecule has 1 unspecified atom stereocenters. The summed E-state index contributed by atoms with van der Waals surface area (Å²) < 4.78 is 26.3. The zero-order valence-corrected chi connectivity index (χ0v) is 12.2. The van der Waals surface area contributed by atoms with Crippen molar-refractivity contribution in [1.82, 2.24) is 10.2 Å². The molecule has 0 saturated carbocycles. The number of carbonyl (C=O) groups is 1. The van der Waals surface area contributed by atoms with Crippen LogP contribution in [-0.2, 0) is 4.79 Å². The van der Waals surface area contributed by atoms with Crippen molar-refractivity contribution >= 4 is 11.6 Å². The number of anilines is 1. The molecule has 2 rings (SSSR count). The lowest BCUT2D eigenvalue weighted by Crippen LogP contribution is -2.38. The first-order chi connectivity index (χ1) is 10.1. The van der Waals surface area contributed by atoms with Crippen molar-refractivity contribution in [3.05, 3.63) is 29.8 Å². The Labute approximate surface area is 123 Å². The van der Waals surface area contributed by atoms with E-state index in [0.717, 1.165) is 44.5 Å². The van der Waals surface area contributed by atoms with Crippen molar-refractivity contribution in [3.63, 3.8) is 0 Å². The lowest BCUT2D eigenvalue weighted by molar-refractivity contribution is -0.117. The average molecular weight is 297 g/mol. The Hall–Kier alpha value is -1.53. The number of rotatable bonds is 4. The number of hydrogen-bond donors (Lipinski definition) is 2. The summed E-state index contributed by atoms with van der Waals surface area (Å²) in [6.45, 7) is 2.15. The molecule has 116 valence electrons. The maximum atomic E-state index is 13.5. The van der Waals surface area contributed by atoms with Crippen LogP contribution in [0, 0.1) is 11.6 Å². The number of nitrogens with one attached hydrogen (secondary N) is 2. The van der Waals surface area contributed by atoms with Crippen LogP contribution in [0.2, 0.25) is 0 Å². The minimum Gasteiger partial charge on any atom is -0.322 e. The normalized spacial score (nSPS) is 19.3. The number of halogens is 2. The number of likely N-dealkylation sites (N-methyl/N-ethyl adjacent to an activating group) is 1. The summed E-state index contributed by atoms with van der Waals surface area (Å²) in [6, 6.07) is 3.47. The van der Waals surface area contributed by atoms with Gasteiger partial charge in [0.1, 0.15) is 11.6 Å². The van der Waals surface area contributed by atoms with Crippen LogP contribution in [0.25, 0.3) is 0 Å². The van der Waals surface area contributed by atoms with E-state index in [0.29, 0.717) is 6.04 Å². The first kappa shape index (κ1) is 15.9. The quantitative estimate of drug-likeness (QED) is 0.893. The highest BCUT2D eigenvalue weighted by atomic mass is 19.1. The zero-order chi connectivity index (χ0) is 15.2. The monoisotopic (exact) mass is 297 g/mol. The molecule has 1 aliphatic heterocycles. The second-order valence-corrected chi connectivity index (χ2v) is 5.42. The van der Waals surface area contributed by atoms with Crippen molar-refractivity contribution in [2.75, 3.05) is 32.0 Å². The number of nitrogens with zero attached hydrogens (tertiary/aromatic N) is 1. The standard InChI is InChI=1S/C15H21F2N3O/c1-20(12-3-2-7-18-8-6-12)10-15(21)19-14-5-4-11(16)9-13(14)17/h4-5,9,12,18H,2-3,6-8,10H2,1H3,(H,19,21). The Bertz CT molecular complexity index is 488. The van der Waals surface area contributed by atoms with Gasteiger partial charge in [0.15, 0.2) is 0 Å². The molecule has 0 aromatic heterocycles. The molecule has 1 atom stereocenters. The number of benzene rings is 1. The lowest BCUT2D eigenvalue weighted by Gasteiger charge is -2.26. The Morgan fingerprint density at radius 2 is 2.19 bits per heavy atom. The molecule has 1 aromatic carbocycles. The van der Waals surface area contributed by atoms with Gasteiger partial charge in [0.25, 0.3) is 0 Å². The average Bonchev–Trinajstić information content (AvgIpc) is 2.71. The van der Waals surface area contributed by atoms with Crippen molar-refractivity contribution in [1.29, 1.82) is 0 Å². The van der Waals surface area contributed by atoms with Crippen LogP contribution in [0.4, 0.5) is 14.5 Å². The van der Waals surface area contributed by atoms with Gasteiger partial charge in [-0.25, -0.2) is 8.78 Å². The smallest absolute Gasteiger partial charge is 0.238 e. The van der Waals surface area contributed by atoms with E-state index >= 15 is 0 Å². The van der Waals surface area contributed by atoms with Crippen LogP contribution in [0.5, 0.6) is 0 Å². The molecule has 4 nitrogen and oxygen atoms in total. The second-order valence-electron chi connectivity index (χ2n) is 5.42. The van der Waals surface area contributed by atoms with Crippen LogP contribution < -0.4 is 10.6 Å². The van der Waals surface area contributed by atoms with Gasteiger partial charge in [-0.2, -0.15) is 0 Å². The van der Waals surface area contributed by atoms with Crippen LogP contribution in [0.3, 0.4) is 0 Å². The predicted octanol–water partition coefficient (Wildman–Crippen LogP) is 1.98. The Kier molecular flexibility index (Phi) is 5.64. The van der Waals surface area contributed by atoms with E-state index in [1.807, 2.05) is 11.9 Å². The molecule has 6 heteroatoms. The third kappa shape index (κ3) is 4.75. The van der Waals surface area contributed by atoms with Gasteiger partial charge in [-0.3, -0.25) is 9.69 Å². The number of carbonyl (C=O) groups excluding carboxylic acids is 1. The summed E-state index contributed by atoms with van der Waals surface area (Å²) in [5.41, 5.74) is 0.0114. The van der Waals surface area contributed by atoms with Gasteiger partial charge in [-0.15, -0.1) is 0 Å². The van der Waals surface area contributed by atoms with Crippen LogP contribution in [0.15, 0.2) is 18.2 Å². The Morgan fingerprint density at radius 3 is 2.95 bits per heavy atom. The molecule has 0 bridgehead atoms. The van der Waals surface area contributed by atoms with E-state index in [1.54, 1.807) is 0 Å². The molecule has 0 spiro atoms. The highest BCUT2D eigenvalue weighted by molar-refractivity contribution is 5.92. The van der Waals surface area contributed by atoms with Gasteiger partial charge < -0.3 is 10.6 Å². The van der Waals surface area contributed by atoms with Gasteiger partial charge in [-0.05, 0) is 51.5 Å². The van der Waals surface area contributed by atoms with Crippen molar-refractivity contribution in [2.45, 2.75) is 25.3 Å². The molecule has 1 aliphatic rings. The van der Waals surface area contributed by atoms with E-state index in [2.05, 4.69) is 10.6 Å². The van der Waals surface area contributed by atoms with Gasteiger partial charge in [0, 0.05) is 12.1 Å². The molecule has 1 amide bonds. The van der Waals surface area contributed by atoms with Gasteiger partial charge >= 0.3 is 0 Å². The second kappa shape index (κ2) is 7.47. The largest absolute Gasteiger partial charge is 0.322 e. The van der Waals surface area contributed by atoms with Crippen molar-refractivity contribution in [3.8, 4) is 0 Å². The maximum absolute atomic E-state index is 13.5. The fraction of sp³-hybridized carbons (Fsp3) is 0.533. The van der Waals surface area contributed by atoms with E-state index < -0.39 is 11.6 Å². The molecule has 0 radical (unpaired) electrons. The van der Waals surface area contributed by atoms with E-state index in [4.69, 9.17) is 0 Å². The molecular weight excluding hydrogens is 276 g/mol. The van der Waals surface area contributed by atoms with Crippen LogP contribution in [-0.4, -0.2) is 43.5 Å². The molecule has 0 aliphatic carbocycles. The summed E-state index contributed by atoms with van der Waals surface area (Å²) >= 11 is 0. The van der Waals surface area contributed by atoms with E-state index in [-0.39, 0.29) is 18.1 Å². The van der Waals surface area contributed by atoms with Crippen LogP contribution in [0.1, 0.15) is 19.3 Å². The molecule has 21 heavy (non-hydrogen) atoms. The SMILES string of the molecule is CN(CC(=O)Nc1ccc(F)cc1F)C1CCCNCC1. The fourth-order valence-electron chi connectivity index (χ4n) is 2.58. The lowest BCUT2D eigenvalue weighted by atomic mass is 10.1. The summed E-state index contributed by atoms with van der Waals surface area (Å²) in [5.74, 6) is -1.71. The highest BCUT2D eigenvalue weighted by Gasteiger charge is 2.19. The van der Waals surface area contributed by atoms with E-state index in [9.17, 15) is 13.6 Å². The fourth-order valence-corrected chi connectivity index (χ4v) is 2.58. The summed E-state index contributed by atoms with van der Waals surface area (Å²) in [7, 11) is 1.90. The molecule has 1 aromatic rings. The maximum Gasteiger partial charge on any atom is 0.238 e. The van der Waals surface area contributed by atoms with Gasteiger partial charge in [0.2, 0.25) is 5.91 Å².